The van der Waals surface area contributed by atoms with Gasteiger partial charge in [-0.2, -0.15) is 0 Å². The van der Waals surface area contributed by atoms with Gasteiger partial charge in [-0.05, 0) is 25.5 Å². The zero-order valence-electron chi connectivity index (χ0n) is 14.8. The monoisotopic (exact) mass is 355 g/mol. The van der Waals surface area contributed by atoms with Crippen LogP contribution in [0.25, 0.3) is 5.52 Å². The van der Waals surface area contributed by atoms with E-state index in [9.17, 15) is 9.59 Å². The number of anilines is 1. The van der Waals surface area contributed by atoms with Crippen LogP contribution < -0.4 is 10.6 Å². The second-order valence-electron chi connectivity index (χ2n) is 5.98. The number of rotatable bonds is 7. The van der Waals surface area contributed by atoms with Crippen LogP contribution >= 0.6 is 0 Å². The van der Waals surface area contributed by atoms with Gasteiger partial charge in [-0.1, -0.05) is 31.0 Å². The molecule has 26 heavy (non-hydrogen) atoms. The third kappa shape index (κ3) is 3.74. The van der Waals surface area contributed by atoms with Crippen LogP contribution in [0.5, 0.6) is 0 Å². The molecule has 136 valence electrons. The number of unbranched alkanes of at least 4 members (excludes halogenated alkanes) is 2. The number of fused-ring (bicyclic) bond motifs is 1. The summed E-state index contributed by atoms with van der Waals surface area (Å²) in [4.78, 5) is 29.3. The minimum atomic E-state index is -0.452. The van der Waals surface area contributed by atoms with E-state index < -0.39 is 5.91 Å². The first-order valence-corrected chi connectivity index (χ1v) is 8.60. The predicted molar refractivity (Wildman–Crippen MR) is 96.2 cm³/mol. The molecule has 0 saturated carbocycles. The van der Waals surface area contributed by atoms with Crippen molar-refractivity contribution in [3.63, 3.8) is 0 Å². The first-order chi connectivity index (χ1) is 12.6. The van der Waals surface area contributed by atoms with Gasteiger partial charge in [0.25, 0.3) is 11.8 Å². The van der Waals surface area contributed by atoms with Crippen LogP contribution in [-0.4, -0.2) is 32.9 Å². The van der Waals surface area contributed by atoms with Crippen molar-refractivity contribution in [3.8, 4) is 0 Å². The molecule has 8 heteroatoms. The molecule has 0 spiro atoms. The normalized spacial score (nSPS) is 10.8. The Balaban J connectivity index is 1.84. The van der Waals surface area contributed by atoms with Crippen LogP contribution in [0, 0.1) is 6.92 Å². The molecule has 0 aliphatic heterocycles. The molecule has 8 nitrogen and oxygen atoms in total. The molecule has 0 radical (unpaired) electrons. The Labute approximate surface area is 150 Å². The number of hydrogen-bond donors (Lipinski definition) is 2. The van der Waals surface area contributed by atoms with E-state index in [4.69, 9.17) is 4.52 Å². The largest absolute Gasteiger partial charge is 0.360 e. The van der Waals surface area contributed by atoms with Gasteiger partial charge in [-0.3, -0.25) is 14.0 Å². The predicted octanol–water partition coefficient (Wildman–Crippen LogP) is 2.80. The maximum absolute atomic E-state index is 12.6. The Morgan fingerprint density at radius 2 is 2.08 bits per heavy atom. The molecule has 0 aliphatic carbocycles. The minimum absolute atomic E-state index is 0.157. The zero-order chi connectivity index (χ0) is 18.5. The van der Waals surface area contributed by atoms with E-state index in [1.165, 1.54) is 0 Å². The molecule has 3 aromatic heterocycles. The van der Waals surface area contributed by atoms with Crippen molar-refractivity contribution in [2.45, 2.75) is 33.1 Å². The highest BCUT2D eigenvalue weighted by Gasteiger charge is 2.21. The van der Waals surface area contributed by atoms with Crippen molar-refractivity contribution in [1.29, 1.82) is 0 Å². The number of carbonyl (C=O) groups is 2. The van der Waals surface area contributed by atoms with Crippen LogP contribution in [0.3, 0.4) is 0 Å². The molecule has 0 unspecified atom stereocenters. The van der Waals surface area contributed by atoms with Crippen molar-refractivity contribution in [3.05, 3.63) is 47.7 Å². The molecule has 2 amide bonds. The third-order valence-corrected chi connectivity index (χ3v) is 3.90. The van der Waals surface area contributed by atoms with E-state index in [0.717, 1.165) is 19.3 Å². The van der Waals surface area contributed by atoms with Crippen molar-refractivity contribution >= 4 is 23.1 Å². The molecule has 3 rings (SSSR count). The number of amides is 2. The van der Waals surface area contributed by atoms with Crippen molar-refractivity contribution in [1.82, 2.24) is 19.9 Å². The quantitative estimate of drug-likeness (QED) is 0.635. The average Bonchev–Trinajstić information content (AvgIpc) is 3.22. The summed E-state index contributed by atoms with van der Waals surface area (Å²) in [7, 11) is 0. The average molecular weight is 355 g/mol. The first kappa shape index (κ1) is 17.7. The molecular weight excluding hydrogens is 334 g/mol. The molecular formula is C18H21N5O3. The van der Waals surface area contributed by atoms with Gasteiger partial charge in [-0.15, -0.1) is 0 Å². The van der Waals surface area contributed by atoms with Gasteiger partial charge < -0.3 is 15.2 Å². The van der Waals surface area contributed by atoms with E-state index in [1.54, 1.807) is 41.8 Å². The third-order valence-electron chi connectivity index (χ3n) is 3.90. The molecule has 0 atom stereocenters. The van der Waals surface area contributed by atoms with Gasteiger partial charge >= 0.3 is 0 Å². The zero-order valence-corrected chi connectivity index (χ0v) is 14.8. The van der Waals surface area contributed by atoms with Crippen LogP contribution in [0.15, 0.2) is 35.0 Å². The maximum Gasteiger partial charge on any atom is 0.287 e. The molecule has 0 fully saturated rings. The van der Waals surface area contributed by atoms with Crippen LogP contribution in [0.1, 0.15) is 53.1 Å². The Morgan fingerprint density at radius 1 is 1.23 bits per heavy atom. The van der Waals surface area contributed by atoms with Gasteiger partial charge in [-0.25, -0.2) is 4.98 Å². The number of nitrogens with one attached hydrogen (secondary N) is 2. The molecule has 0 aromatic carbocycles. The number of hydrogen-bond acceptors (Lipinski definition) is 5. The Hall–Kier alpha value is -3.16. The second kappa shape index (κ2) is 7.81. The lowest BCUT2D eigenvalue weighted by molar-refractivity contribution is 0.0942. The standard InChI is InChI=1S/C18H21N5O3/c1-3-4-6-9-19-18(25)16-21-15(13-8-5-7-10-23(13)16)17(24)20-14-11-12(2)26-22-14/h5,7-8,10-11H,3-4,6,9H2,1-2H3,(H,19,25)(H,20,22,24). The highest BCUT2D eigenvalue weighted by atomic mass is 16.5. The van der Waals surface area contributed by atoms with Gasteiger partial charge in [0, 0.05) is 18.8 Å². The van der Waals surface area contributed by atoms with Crippen LogP contribution in [0.4, 0.5) is 5.82 Å². The topological polar surface area (TPSA) is 102 Å². The van der Waals surface area contributed by atoms with Crippen molar-refractivity contribution in [2.24, 2.45) is 0 Å². The molecule has 0 bridgehead atoms. The number of carbonyl (C=O) groups excluding carboxylic acids is 2. The first-order valence-electron chi connectivity index (χ1n) is 8.60. The summed E-state index contributed by atoms with van der Waals surface area (Å²) < 4.78 is 6.55. The summed E-state index contributed by atoms with van der Waals surface area (Å²) in [5.41, 5.74) is 0.703. The maximum atomic E-state index is 12.6. The summed E-state index contributed by atoms with van der Waals surface area (Å²) in [6.45, 7) is 4.41. The van der Waals surface area contributed by atoms with E-state index in [1.807, 2.05) is 0 Å². The van der Waals surface area contributed by atoms with Crippen LogP contribution in [0.2, 0.25) is 0 Å². The Kier molecular flexibility index (Phi) is 5.31. The summed E-state index contributed by atoms with van der Waals surface area (Å²) in [5.74, 6) is 0.307. The summed E-state index contributed by atoms with van der Waals surface area (Å²) >= 11 is 0. The summed E-state index contributed by atoms with van der Waals surface area (Å²) in [6, 6.07) is 6.92. The number of nitrogens with zero attached hydrogens (tertiary/aromatic N) is 3. The second-order valence-corrected chi connectivity index (χ2v) is 5.98. The number of imidazole rings is 1. The van der Waals surface area contributed by atoms with Crippen molar-refractivity contribution in [2.75, 3.05) is 11.9 Å². The van der Waals surface area contributed by atoms with Gasteiger partial charge in [0.15, 0.2) is 11.5 Å². The molecule has 0 saturated heterocycles. The fraction of sp³-hybridized carbons (Fsp3) is 0.333. The Morgan fingerprint density at radius 3 is 2.81 bits per heavy atom. The molecule has 2 N–H and O–H groups in total. The summed E-state index contributed by atoms with van der Waals surface area (Å²) in [6.07, 6.45) is 4.74. The van der Waals surface area contributed by atoms with E-state index >= 15 is 0 Å². The highest BCUT2D eigenvalue weighted by Crippen LogP contribution is 2.16. The molecule has 3 aromatic rings. The fourth-order valence-electron chi connectivity index (χ4n) is 2.62. The van der Waals surface area contributed by atoms with E-state index in [2.05, 4.69) is 27.7 Å². The van der Waals surface area contributed by atoms with E-state index in [0.29, 0.717) is 23.6 Å². The molecule has 3 heterocycles. The lowest BCUT2D eigenvalue weighted by Gasteiger charge is -2.03. The number of aromatic nitrogens is 3. The smallest absolute Gasteiger partial charge is 0.287 e. The summed E-state index contributed by atoms with van der Waals surface area (Å²) in [5, 5.41) is 9.22. The SMILES string of the molecule is CCCCCNC(=O)c1nc(C(=O)Nc2cc(C)on2)c2ccccn12. The Bertz CT molecular complexity index is 928. The van der Waals surface area contributed by atoms with Crippen LogP contribution in [-0.2, 0) is 0 Å². The number of aryl methyl sites for hydroxylation is 1. The van der Waals surface area contributed by atoms with Gasteiger partial charge in [0.1, 0.15) is 5.76 Å². The van der Waals surface area contributed by atoms with Crippen molar-refractivity contribution < 1.29 is 14.1 Å². The fourth-order valence-corrected chi connectivity index (χ4v) is 2.62. The lowest BCUT2D eigenvalue weighted by atomic mass is 10.2. The highest BCUT2D eigenvalue weighted by molar-refractivity contribution is 6.08. The minimum Gasteiger partial charge on any atom is -0.360 e. The van der Waals surface area contributed by atoms with E-state index in [-0.39, 0.29) is 17.4 Å². The molecule has 0 aliphatic rings. The van der Waals surface area contributed by atoms with Gasteiger partial charge in [0.2, 0.25) is 5.82 Å². The number of pyridine rings is 1. The lowest BCUT2D eigenvalue weighted by Crippen LogP contribution is -2.26. The van der Waals surface area contributed by atoms with Gasteiger partial charge in [0.05, 0.1) is 5.52 Å².